The molecule has 1 aliphatic carbocycles. The van der Waals surface area contributed by atoms with Crippen molar-refractivity contribution >= 4 is 0 Å². The van der Waals surface area contributed by atoms with E-state index in [0.29, 0.717) is 6.04 Å². The Kier molecular flexibility index (Phi) is 3.21. The molecule has 0 aromatic rings. The lowest BCUT2D eigenvalue weighted by Crippen LogP contribution is -2.33. The standard InChI is InChI=1S/C11H19NO2/c1-14-11-8-12(7-10(11)13)9-5-3-2-4-6-9/h3,5,9-11,13H,2,4,6-8H2,1H3/t9?,10-,11-/m1/s1. The molecular weight excluding hydrogens is 178 g/mol. The highest BCUT2D eigenvalue weighted by Gasteiger charge is 2.34. The third kappa shape index (κ3) is 2.00. The van der Waals surface area contributed by atoms with E-state index in [-0.39, 0.29) is 12.2 Å². The van der Waals surface area contributed by atoms with Crippen LogP contribution >= 0.6 is 0 Å². The first kappa shape index (κ1) is 10.1. The monoisotopic (exact) mass is 197 g/mol. The van der Waals surface area contributed by atoms with Gasteiger partial charge in [0.1, 0.15) is 0 Å². The lowest BCUT2D eigenvalue weighted by atomic mass is 10.0. The van der Waals surface area contributed by atoms with E-state index in [9.17, 15) is 5.11 Å². The maximum Gasteiger partial charge on any atom is 0.0969 e. The molecule has 2 aliphatic rings. The van der Waals surface area contributed by atoms with Crippen molar-refractivity contribution < 1.29 is 9.84 Å². The topological polar surface area (TPSA) is 32.7 Å². The van der Waals surface area contributed by atoms with Gasteiger partial charge in [-0.2, -0.15) is 0 Å². The quantitative estimate of drug-likeness (QED) is 0.664. The maximum absolute atomic E-state index is 9.70. The molecule has 3 heteroatoms. The van der Waals surface area contributed by atoms with Crippen molar-refractivity contribution in [3.63, 3.8) is 0 Å². The van der Waals surface area contributed by atoms with Crippen LogP contribution in [0.5, 0.6) is 0 Å². The Hall–Kier alpha value is -0.380. The molecule has 2 rings (SSSR count). The largest absolute Gasteiger partial charge is 0.389 e. The van der Waals surface area contributed by atoms with Crippen LogP contribution in [0.1, 0.15) is 19.3 Å². The third-order valence-electron chi connectivity index (χ3n) is 3.27. The molecule has 3 atom stereocenters. The van der Waals surface area contributed by atoms with Gasteiger partial charge < -0.3 is 9.84 Å². The molecule has 0 spiro atoms. The first-order chi connectivity index (χ1) is 6.81. The average molecular weight is 197 g/mol. The van der Waals surface area contributed by atoms with Crippen LogP contribution in [0.15, 0.2) is 12.2 Å². The maximum atomic E-state index is 9.70. The van der Waals surface area contributed by atoms with Gasteiger partial charge in [0.15, 0.2) is 0 Å². The Bertz CT molecular complexity index is 217. The Morgan fingerprint density at radius 3 is 2.86 bits per heavy atom. The molecule has 1 unspecified atom stereocenters. The highest BCUT2D eigenvalue weighted by molar-refractivity contribution is 5.01. The normalized spacial score (nSPS) is 39.1. The SMILES string of the molecule is CO[C@@H]1CN(C2C=CCCC2)C[C@H]1O. The third-order valence-corrected chi connectivity index (χ3v) is 3.27. The van der Waals surface area contributed by atoms with Crippen LogP contribution in [-0.2, 0) is 4.74 Å². The highest BCUT2D eigenvalue weighted by Crippen LogP contribution is 2.22. The van der Waals surface area contributed by atoms with Gasteiger partial charge in [-0.05, 0) is 19.3 Å². The smallest absolute Gasteiger partial charge is 0.0969 e. The van der Waals surface area contributed by atoms with E-state index in [0.717, 1.165) is 13.1 Å². The van der Waals surface area contributed by atoms with Gasteiger partial charge in [-0.1, -0.05) is 12.2 Å². The van der Waals surface area contributed by atoms with Gasteiger partial charge in [-0.15, -0.1) is 0 Å². The van der Waals surface area contributed by atoms with Gasteiger partial charge in [0.05, 0.1) is 12.2 Å². The second-order valence-electron chi connectivity index (χ2n) is 4.22. The number of aliphatic hydroxyl groups excluding tert-OH is 1. The van der Waals surface area contributed by atoms with E-state index >= 15 is 0 Å². The number of hydrogen-bond acceptors (Lipinski definition) is 3. The van der Waals surface area contributed by atoms with Gasteiger partial charge in [0.2, 0.25) is 0 Å². The minimum atomic E-state index is -0.310. The summed E-state index contributed by atoms with van der Waals surface area (Å²) in [7, 11) is 1.67. The molecule has 14 heavy (non-hydrogen) atoms. The number of likely N-dealkylation sites (tertiary alicyclic amines) is 1. The van der Waals surface area contributed by atoms with Gasteiger partial charge >= 0.3 is 0 Å². The highest BCUT2D eigenvalue weighted by atomic mass is 16.5. The number of rotatable bonds is 2. The molecule has 1 fully saturated rings. The summed E-state index contributed by atoms with van der Waals surface area (Å²) in [4.78, 5) is 2.33. The predicted octanol–water partition coefficient (Wildman–Crippen LogP) is 0.787. The summed E-state index contributed by atoms with van der Waals surface area (Å²) in [6.45, 7) is 1.63. The molecule has 0 amide bonds. The van der Waals surface area contributed by atoms with Crippen molar-refractivity contribution in [3.8, 4) is 0 Å². The summed E-state index contributed by atoms with van der Waals surface area (Å²) in [6, 6.07) is 0.526. The molecule has 3 nitrogen and oxygen atoms in total. The summed E-state index contributed by atoms with van der Waals surface area (Å²) in [5, 5.41) is 9.70. The van der Waals surface area contributed by atoms with Crippen LogP contribution in [0.3, 0.4) is 0 Å². The zero-order valence-electron chi connectivity index (χ0n) is 8.72. The van der Waals surface area contributed by atoms with E-state index < -0.39 is 0 Å². The molecule has 1 N–H and O–H groups in total. The minimum Gasteiger partial charge on any atom is -0.389 e. The lowest BCUT2D eigenvalue weighted by molar-refractivity contribution is 0.0214. The van der Waals surface area contributed by atoms with Crippen LogP contribution in [0.25, 0.3) is 0 Å². The summed E-state index contributed by atoms with van der Waals surface area (Å²) >= 11 is 0. The molecular formula is C11H19NO2. The molecule has 1 aliphatic heterocycles. The molecule has 0 bridgehead atoms. The van der Waals surface area contributed by atoms with Crippen molar-refractivity contribution in [2.75, 3.05) is 20.2 Å². The van der Waals surface area contributed by atoms with Gasteiger partial charge in [-0.25, -0.2) is 0 Å². The zero-order valence-corrected chi connectivity index (χ0v) is 8.72. The second kappa shape index (κ2) is 4.43. The van der Waals surface area contributed by atoms with Crippen LogP contribution in [-0.4, -0.2) is 48.5 Å². The molecule has 0 aromatic carbocycles. The number of β-amino-alcohol motifs (C(OH)–C–C–N with tert-alkyl or cyclic N) is 1. The number of ether oxygens (including phenoxy) is 1. The van der Waals surface area contributed by atoms with Crippen LogP contribution in [0.4, 0.5) is 0 Å². The summed E-state index contributed by atoms with van der Waals surface area (Å²) in [6.07, 6.45) is 7.92. The van der Waals surface area contributed by atoms with Crippen molar-refractivity contribution in [3.05, 3.63) is 12.2 Å². The minimum absolute atomic E-state index is 0.00493. The predicted molar refractivity (Wildman–Crippen MR) is 55.2 cm³/mol. The Morgan fingerprint density at radius 2 is 2.29 bits per heavy atom. The summed E-state index contributed by atoms with van der Waals surface area (Å²) in [5.41, 5.74) is 0. The first-order valence-electron chi connectivity index (χ1n) is 5.43. The van der Waals surface area contributed by atoms with Gasteiger partial charge in [0.25, 0.3) is 0 Å². The van der Waals surface area contributed by atoms with E-state index in [1.54, 1.807) is 7.11 Å². The molecule has 0 aromatic heterocycles. The lowest BCUT2D eigenvalue weighted by Gasteiger charge is -2.26. The fourth-order valence-corrected chi connectivity index (χ4v) is 2.39. The fourth-order valence-electron chi connectivity index (χ4n) is 2.39. The van der Waals surface area contributed by atoms with E-state index in [4.69, 9.17) is 4.74 Å². The van der Waals surface area contributed by atoms with E-state index in [1.165, 1.54) is 19.3 Å². The molecule has 0 saturated carbocycles. The summed E-state index contributed by atoms with van der Waals surface area (Å²) in [5.74, 6) is 0. The summed E-state index contributed by atoms with van der Waals surface area (Å²) < 4.78 is 5.23. The Labute approximate surface area is 85.4 Å². The molecule has 1 saturated heterocycles. The number of hydrogen-bond donors (Lipinski definition) is 1. The van der Waals surface area contributed by atoms with E-state index in [1.807, 2.05) is 0 Å². The number of allylic oxidation sites excluding steroid dienone is 1. The van der Waals surface area contributed by atoms with Crippen molar-refractivity contribution in [1.29, 1.82) is 0 Å². The van der Waals surface area contributed by atoms with Crippen LogP contribution < -0.4 is 0 Å². The van der Waals surface area contributed by atoms with Gasteiger partial charge in [-0.3, -0.25) is 4.90 Å². The fraction of sp³-hybridized carbons (Fsp3) is 0.818. The number of aliphatic hydroxyl groups is 1. The van der Waals surface area contributed by atoms with E-state index in [2.05, 4.69) is 17.1 Å². The van der Waals surface area contributed by atoms with Gasteiger partial charge in [0, 0.05) is 26.2 Å². The second-order valence-corrected chi connectivity index (χ2v) is 4.22. The van der Waals surface area contributed by atoms with Crippen LogP contribution in [0.2, 0.25) is 0 Å². The number of methoxy groups -OCH3 is 1. The Morgan fingerprint density at radius 1 is 1.43 bits per heavy atom. The van der Waals surface area contributed by atoms with Crippen LogP contribution in [0, 0.1) is 0 Å². The average Bonchev–Trinajstić information content (AvgIpc) is 2.61. The molecule has 1 heterocycles. The zero-order chi connectivity index (χ0) is 9.97. The Balaban J connectivity index is 1.93. The molecule has 80 valence electrons. The molecule has 0 radical (unpaired) electrons. The first-order valence-corrected chi connectivity index (χ1v) is 5.43. The van der Waals surface area contributed by atoms with Crippen molar-refractivity contribution in [1.82, 2.24) is 4.90 Å². The van der Waals surface area contributed by atoms with Crippen molar-refractivity contribution in [2.24, 2.45) is 0 Å². The van der Waals surface area contributed by atoms with Crippen molar-refractivity contribution in [2.45, 2.75) is 37.5 Å². The number of nitrogens with zero attached hydrogens (tertiary/aromatic N) is 1.